The van der Waals surface area contributed by atoms with Gasteiger partial charge in [-0.1, -0.05) is 18.2 Å². The Labute approximate surface area is 322 Å². The highest BCUT2D eigenvalue weighted by molar-refractivity contribution is 6.23. The summed E-state index contributed by atoms with van der Waals surface area (Å²) in [5, 5.41) is 25.6. The molecule has 3 fully saturated rings. The Morgan fingerprint density at radius 1 is 0.875 bits per heavy atom. The number of nitrogens with zero attached hydrogens (tertiary/aromatic N) is 7. The topological polar surface area (TPSA) is 220 Å². The van der Waals surface area contributed by atoms with Crippen molar-refractivity contribution in [1.82, 2.24) is 30.3 Å². The number of nitrogens with two attached hydrogens (primary N) is 1. The monoisotopic (exact) mass is 753 g/mol. The molecule has 284 valence electrons. The minimum Gasteiger partial charge on any atom is -0.371 e. The molecule has 0 radical (unpaired) electrons. The first kappa shape index (κ1) is 36.3. The number of nitriles is 1. The van der Waals surface area contributed by atoms with Gasteiger partial charge in [0.1, 0.15) is 6.04 Å². The van der Waals surface area contributed by atoms with Crippen LogP contribution in [-0.4, -0.2) is 93.3 Å². The lowest BCUT2D eigenvalue weighted by Gasteiger charge is -2.34. The van der Waals surface area contributed by atoms with Gasteiger partial charge in [-0.25, -0.2) is 0 Å². The number of primary amides is 1. The van der Waals surface area contributed by atoms with E-state index in [0.29, 0.717) is 34.3 Å². The van der Waals surface area contributed by atoms with Crippen LogP contribution in [0.4, 0.5) is 28.8 Å². The number of carbonyl (C=O) groups excluding carboxylic acids is 5. The third-order valence-electron chi connectivity index (χ3n) is 11.0. The second kappa shape index (κ2) is 15.2. The van der Waals surface area contributed by atoms with Gasteiger partial charge < -0.3 is 26.2 Å². The summed E-state index contributed by atoms with van der Waals surface area (Å²) in [6, 6.07) is 21.3. The second-order valence-electron chi connectivity index (χ2n) is 14.6. The zero-order valence-electron chi connectivity index (χ0n) is 30.4. The van der Waals surface area contributed by atoms with Crippen LogP contribution in [0, 0.1) is 17.2 Å². The first-order valence-electron chi connectivity index (χ1n) is 18.6. The van der Waals surface area contributed by atoms with Crippen molar-refractivity contribution in [3.05, 3.63) is 94.7 Å². The predicted octanol–water partition coefficient (Wildman–Crippen LogP) is 3.44. The molecule has 2 unspecified atom stereocenters. The van der Waals surface area contributed by atoms with E-state index in [1.807, 2.05) is 18.2 Å². The van der Waals surface area contributed by atoms with E-state index >= 15 is 0 Å². The van der Waals surface area contributed by atoms with E-state index in [4.69, 9.17) is 5.73 Å². The van der Waals surface area contributed by atoms with E-state index in [0.717, 1.165) is 62.6 Å². The van der Waals surface area contributed by atoms with E-state index in [1.54, 1.807) is 36.4 Å². The molecule has 16 heteroatoms. The van der Waals surface area contributed by atoms with Crippen LogP contribution < -0.4 is 26.6 Å². The molecular weight excluding hydrogens is 715 g/mol. The molecule has 1 aromatic heterocycles. The maximum absolute atomic E-state index is 13.3. The SMILES string of the molecule is N#Cc1cccc(Nc2nnc(C(N)=O)c(Nc3ccc(C4CCN(CC5CCN(c6ccc7c(c6)C(=O)N(C6CCC(=O)NC6=O)C7=O)C5)CC4)cc3)n2)c1. The first-order chi connectivity index (χ1) is 27.1. The van der Waals surface area contributed by atoms with Crippen molar-refractivity contribution in [2.75, 3.05) is 48.3 Å². The van der Waals surface area contributed by atoms with Gasteiger partial charge in [-0.05, 0) is 105 Å². The average Bonchev–Trinajstić information content (AvgIpc) is 3.76. The fourth-order valence-electron chi connectivity index (χ4n) is 8.09. The molecule has 4 aliphatic rings. The minimum absolute atomic E-state index is 0.0850. The smallest absolute Gasteiger partial charge is 0.273 e. The van der Waals surface area contributed by atoms with Crippen LogP contribution in [0.5, 0.6) is 0 Å². The minimum atomic E-state index is -0.981. The number of hydrogen-bond acceptors (Lipinski definition) is 13. The van der Waals surface area contributed by atoms with Gasteiger partial charge in [0.05, 0.1) is 22.8 Å². The number of hydrogen-bond donors (Lipinski definition) is 4. The van der Waals surface area contributed by atoms with Crippen molar-refractivity contribution < 1.29 is 24.0 Å². The Kier molecular flexibility index (Phi) is 9.83. The molecule has 3 saturated heterocycles. The maximum atomic E-state index is 13.3. The molecule has 0 saturated carbocycles. The molecule has 0 bridgehead atoms. The number of amides is 5. The van der Waals surface area contributed by atoms with Crippen LogP contribution in [0.3, 0.4) is 0 Å². The average molecular weight is 754 g/mol. The van der Waals surface area contributed by atoms with Gasteiger partial charge in [0, 0.05) is 43.1 Å². The van der Waals surface area contributed by atoms with Gasteiger partial charge >= 0.3 is 0 Å². The number of fused-ring (bicyclic) bond motifs is 1. The Balaban J connectivity index is 0.837. The molecule has 2 atom stereocenters. The van der Waals surface area contributed by atoms with E-state index < -0.39 is 35.6 Å². The number of rotatable bonds is 10. The van der Waals surface area contributed by atoms with Gasteiger partial charge in [-0.3, -0.25) is 34.2 Å². The molecule has 5 heterocycles. The summed E-state index contributed by atoms with van der Waals surface area (Å²) in [4.78, 5) is 72.9. The zero-order chi connectivity index (χ0) is 38.9. The van der Waals surface area contributed by atoms with Crippen molar-refractivity contribution in [2.24, 2.45) is 11.7 Å². The lowest BCUT2D eigenvalue weighted by molar-refractivity contribution is -0.136. The molecule has 3 aromatic carbocycles. The number of nitrogens with one attached hydrogen (secondary N) is 3. The van der Waals surface area contributed by atoms with E-state index in [9.17, 15) is 29.2 Å². The number of carbonyl (C=O) groups is 5. The highest BCUT2D eigenvalue weighted by Crippen LogP contribution is 2.34. The largest absolute Gasteiger partial charge is 0.371 e. The van der Waals surface area contributed by atoms with E-state index in [-0.39, 0.29) is 35.9 Å². The molecule has 8 rings (SSSR count). The molecule has 4 aliphatic heterocycles. The lowest BCUT2D eigenvalue weighted by Crippen LogP contribution is -2.54. The van der Waals surface area contributed by atoms with Crippen LogP contribution in [0.2, 0.25) is 0 Å². The van der Waals surface area contributed by atoms with Crippen LogP contribution in [0.15, 0.2) is 66.7 Å². The fourth-order valence-corrected chi connectivity index (χ4v) is 8.09. The number of anilines is 5. The summed E-state index contributed by atoms with van der Waals surface area (Å²) in [6.07, 6.45) is 3.28. The molecule has 0 aliphatic carbocycles. The predicted molar refractivity (Wildman–Crippen MR) is 204 cm³/mol. The Bertz CT molecular complexity index is 2280. The third-order valence-corrected chi connectivity index (χ3v) is 11.0. The highest BCUT2D eigenvalue weighted by atomic mass is 16.2. The summed E-state index contributed by atoms with van der Waals surface area (Å²) in [7, 11) is 0. The van der Waals surface area contributed by atoms with Gasteiger partial charge in [0.25, 0.3) is 17.7 Å². The quantitative estimate of drug-likeness (QED) is 0.171. The maximum Gasteiger partial charge on any atom is 0.273 e. The Morgan fingerprint density at radius 3 is 2.41 bits per heavy atom. The summed E-state index contributed by atoms with van der Waals surface area (Å²) in [5.74, 6) is -1.60. The van der Waals surface area contributed by atoms with E-state index in [1.165, 1.54) is 5.56 Å². The molecule has 4 aromatic rings. The number of likely N-dealkylation sites (tertiary alicyclic amines) is 1. The summed E-state index contributed by atoms with van der Waals surface area (Å²) in [5.41, 5.74) is 9.95. The van der Waals surface area contributed by atoms with Gasteiger partial charge in [-0.2, -0.15) is 10.2 Å². The zero-order valence-corrected chi connectivity index (χ0v) is 30.4. The van der Waals surface area contributed by atoms with Crippen molar-refractivity contribution >= 4 is 58.4 Å². The number of imide groups is 2. The standard InChI is InChI=1S/C40H39N11O5/c41-20-23-2-1-3-28(18-23)44-40-46-36(34(35(42)53)47-48-40)43-27-6-4-25(5-7-27)26-13-15-49(16-14-26)21-24-12-17-50(22-24)29-8-9-30-31(19-29)39(56)51(38(30)55)32-10-11-33(52)45-37(32)54/h1-9,18-19,24,26,32H,10-17,21-22H2,(H2,42,53)(H,45,52,54)(H2,43,44,46,48). The Hall–Kier alpha value is -6.73. The normalized spacial score (nSPS) is 20.1. The van der Waals surface area contributed by atoms with Crippen molar-refractivity contribution in [2.45, 2.75) is 44.1 Å². The molecule has 0 spiro atoms. The highest BCUT2D eigenvalue weighted by Gasteiger charge is 2.45. The molecule has 56 heavy (non-hydrogen) atoms. The lowest BCUT2D eigenvalue weighted by atomic mass is 9.89. The summed E-state index contributed by atoms with van der Waals surface area (Å²) >= 11 is 0. The first-order valence-corrected chi connectivity index (χ1v) is 18.6. The summed E-state index contributed by atoms with van der Waals surface area (Å²) in [6.45, 7) is 4.63. The van der Waals surface area contributed by atoms with E-state index in [2.05, 4.69) is 59.1 Å². The molecule has 5 N–H and O–H groups in total. The Morgan fingerprint density at radius 2 is 1.66 bits per heavy atom. The second-order valence-corrected chi connectivity index (χ2v) is 14.6. The number of piperidine rings is 2. The van der Waals surface area contributed by atoms with Crippen LogP contribution >= 0.6 is 0 Å². The third kappa shape index (κ3) is 7.36. The van der Waals surface area contributed by atoms with Gasteiger partial charge in [-0.15, -0.1) is 10.2 Å². The van der Waals surface area contributed by atoms with Gasteiger partial charge in [0.15, 0.2) is 11.5 Å². The fraction of sp³-hybridized carbons (Fsp3) is 0.325. The molecular formula is C40H39N11O5. The molecule has 16 nitrogen and oxygen atoms in total. The molecule has 5 amide bonds. The van der Waals surface area contributed by atoms with Crippen LogP contribution in [-0.2, 0) is 9.59 Å². The van der Waals surface area contributed by atoms with Crippen molar-refractivity contribution in [3.63, 3.8) is 0 Å². The number of benzene rings is 3. The van der Waals surface area contributed by atoms with Crippen molar-refractivity contribution in [3.8, 4) is 6.07 Å². The number of aromatic nitrogens is 3. The van der Waals surface area contributed by atoms with Crippen molar-refractivity contribution in [1.29, 1.82) is 5.26 Å². The van der Waals surface area contributed by atoms with Gasteiger partial charge in [0.2, 0.25) is 17.8 Å². The van der Waals surface area contributed by atoms with Crippen LogP contribution in [0.1, 0.15) is 80.4 Å². The van der Waals surface area contributed by atoms with Crippen LogP contribution in [0.25, 0.3) is 0 Å². The summed E-state index contributed by atoms with van der Waals surface area (Å²) < 4.78 is 0.